The second-order valence-corrected chi connectivity index (χ2v) is 6.05. The molecule has 1 aliphatic heterocycles. The van der Waals surface area contributed by atoms with Crippen molar-refractivity contribution in [3.63, 3.8) is 0 Å². The van der Waals surface area contributed by atoms with Crippen molar-refractivity contribution in [3.05, 3.63) is 27.8 Å². The first-order valence-electron chi connectivity index (χ1n) is 8.05. The molecule has 9 heteroatoms. The second kappa shape index (κ2) is 8.13. The van der Waals surface area contributed by atoms with Crippen LogP contribution in [0.5, 0.6) is 5.75 Å². The summed E-state index contributed by atoms with van der Waals surface area (Å²) in [4.78, 5) is 29.1. The summed E-state index contributed by atoms with van der Waals surface area (Å²) in [6.45, 7) is 2.99. The molecule has 1 N–H and O–H groups in total. The first-order valence-corrected chi connectivity index (χ1v) is 8.05. The third-order valence-corrected chi connectivity index (χ3v) is 4.28. The van der Waals surface area contributed by atoms with Crippen molar-refractivity contribution in [2.24, 2.45) is 0 Å². The Hall–Kier alpha value is -2.39. The van der Waals surface area contributed by atoms with Crippen LogP contribution in [0.4, 0.5) is 11.4 Å². The third kappa shape index (κ3) is 4.18. The molecular weight excluding hydrogens is 328 g/mol. The van der Waals surface area contributed by atoms with Crippen LogP contribution in [0.1, 0.15) is 10.4 Å². The number of aliphatic hydroxyl groups is 1. The fraction of sp³-hybridized carbons (Fsp3) is 0.562. The van der Waals surface area contributed by atoms with Crippen molar-refractivity contribution in [2.75, 3.05) is 65.4 Å². The summed E-state index contributed by atoms with van der Waals surface area (Å²) in [6, 6.07) is 2.81. The highest BCUT2D eigenvalue weighted by molar-refractivity contribution is 5.99. The summed E-state index contributed by atoms with van der Waals surface area (Å²) in [5.41, 5.74) is 0.439. The van der Waals surface area contributed by atoms with Crippen molar-refractivity contribution in [3.8, 4) is 5.75 Å². The number of methoxy groups -OCH3 is 1. The molecule has 138 valence electrons. The van der Waals surface area contributed by atoms with Gasteiger partial charge in [0.15, 0.2) is 0 Å². The lowest BCUT2D eigenvalue weighted by molar-refractivity contribution is -0.384. The fourth-order valence-electron chi connectivity index (χ4n) is 2.88. The van der Waals surface area contributed by atoms with E-state index in [0.29, 0.717) is 44.2 Å². The zero-order valence-electron chi connectivity index (χ0n) is 14.8. The van der Waals surface area contributed by atoms with Crippen molar-refractivity contribution < 1.29 is 19.6 Å². The normalized spacial score (nSPS) is 15.1. The highest BCUT2D eigenvalue weighted by atomic mass is 16.6. The van der Waals surface area contributed by atoms with Crippen LogP contribution in [0.25, 0.3) is 0 Å². The van der Waals surface area contributed by atoms with Gasteiger partial charge in [-0.05, 0) is 0 Å². The highest BCUT2D eigenvalue weighted by Gasteiger charge is 2.28. The van der Waals surface area contributed by atoms with E-state index in [1.807, 2.05) is 0 Å². The van der Waals surface area contributed by atoms with Gasteiger partial charge >= 0.3 is 0 Å². The monoisotopic (exact) mass is 352 g/mol. The van der Waals surface area contributed by atoms with Gasteiger partial charge in [0.05, 0.1) is 24.2 Å². The molecule has 1 aromatic carbocycles. The number of piperazine rings is 1. The predicted molar refractivity (Wildman–Crippen MR) is 93.4 cm³/mol. The van der Waals surface area contributed by atoms with Gasteiger partial charge < -0.3 is 19.6 Å². The number of nitro groups is 1. The maximum Gasteiger partial charge on any atom is 0.293 e. The number of aliphatic hydroxyl groups excluding tert-OH is 1. The average molecular weight is 352 g/mol. The standard InChI is InChI=1S/C16H24N4O5/c1-17(2)13-11-15(25-3)12(10-14(13)20(23)24)16(22)19-6-4-18(5-7-19)8-9-21/h10-11,21H,4-9H2,1-3H3. The largest absolute Gasteiger partial charge is 0.496 e. The fourth-order valence-corrected chi connectivity index (χ4v) is 2.88. The second-order valence-electron chi connectivity index (χ2n) is 6.05. The summed E-state index contributed by atoms with van der Waals surface area (Å²) in [5, 5.41) is 20.4. The summed E-state index contributed by atoms with van der Waals surface area (Å²) < 4.78 is 5.30. The Labute approximate surface area is 146 Å². The van der Waals surface area contributed by atoms with Crippen LogP contribution < -0.4 is 9.64 Å². The molecule has 1 aromatic rings. The SMILES string of the molecule is COc1cc(N(C)C)c([N+](=O)[O-])cc1C(=O)N1CCN(CCO)CC1. The van der Waals surface area contributed by atoms with Gasteiger partial charge in [0.1, 0.15) is 11.4 Å². The van der Waals surface area contributed by atoms with Crippen molar-refractivity contribution >= 4 is 17.3 Å². The number of β-amino-alcohol motifs (C(OH)–C–C–N with tert-alkyl or cyclic N) is 1. The van der Waals surface area contributed by atoms with Crippen molar-refractivity contribution in [2.45, 2.75) is 0 Å². The number of benzene rings is 1. The molecule has 0 bridgehead atoms. The van der Waals surface area contributed by atoms with Gasteiger partial charge in [-0.1, -0.05) is 0 Å². The van der Waals surface area contributed by atoms with Gasteiger partial charge in [0, 0.05) is 59.0 Å². The van der Waals surface area contributed by atoms with Gasteiger partial charge in [-0.25, -0.2) is 0 Å². The van der Waals surface area contributed by atoms with Crippen LogP contribution in [0.2, 0.25) is 0 Å². The van der Waals surface area contributed by atoms with Crippen molar-refractivity contribution in [1.82, 2.24) is 9.80 Å². The highest BCUT2D eigenvalue weighted by Crippen LogP contribution is 2.35. The summed E-state index contributed by atoms with van der Waals surface area (Å²) in [7, 11) is 4.84. The minimum Gasteiger partial charge on any atom is -0.496 e. The van der Waals surface area contributed by atoms with Crippen LogP contribution in [0.3, 0.4) is 0 Å². The molecule has 2 rings (SSSR count). The van der Waals surface area contributed by atoms with Gasteiger partial charge in [-0.15, -0.1) is 0 Å². The van der Waals surface area contributed by atoms with Gasteiger partial charge in [0.2, 0.25) is 0 Å². The molecule has 1 fully saturated rings. The molecule has 9 nitrogen and oxygen atoms in total. The van der Waals surface area contributed by atoms with E-state index >= 15 is 0 Å². The topological polar surface area (TPSA) is 99.4 Å². The molecule has 1 aliphatic rings. The van der Waals surface area contributed by atoms with Gasteiger partial charge in [-0.2, -0.15) is 0 Å². The van der Waals surface area contributed by atoms with Crippen LogP contribution in [-0.4, -0.2) is 86.3 Å². The predicted octanol–water partition coefficient (Wildman–Crippen LogP) is 0.420. The molecule has 0 aromatic heterocycles. The van der Waals surface area contributed by atoms with E-state index in [1.165, 1.54) is 19.2 Å². The van der Waals surface area contributed by atoms with Crippen LogP contribution in [0, 0.1) is 10.1 Å². The Balaban J connectivity index is 2.30. The number of anilines is 1. The Morgan fingerprint density at radius 3 is 2.44 bits per heavy atom. The minimum atomic E-state index is -0.495. The third-order valence-electron chi connectivity index (χ3n) is 4.28. The number of nitro benzene ring substituents is 1. The Bertz CT molecular complexity index is 642. The number of hydrogen-bond donors (Lipinski definition) is 1. The number of nitrogens with zero attached hydrogens (tertiary/aromatic N) is 4. The minimum absolute atomic E-state index is 0.0833. The molecule has 1 saturated heterocycles. The van der Waals surface area contributed by atoms with E-state index < -0.39 is 4.92 Å². The maximum absolute atomic E-state index is 12.8. The average Bonchev–Trinajstić information content (AvgIpc) is 2.60. The number of amides is 1. The van der Waals surface area contributed by atoms with Gasteiger partial charge in [-0.3, -0.25) is 19.8 Å². The number of carbonyl (C=O) groups is 1. The quantitative estimate of drug-likeness (QED) is 0.585. The van der Waals surface area contributed by atoms with E-state index in [-0.39, 0.29) is 23.8 Å². The summed E-state index contributed by atoms with van der Waals surface area (Å²) in [6.07, 6.45) is 0. The lowest BCUT2D eigenvalue weighted by atomic mass is 10.1. The molecule has 0 atom stereocenters. The lowest BCUT2D eigenvalue weighted by Gasteiger charge is -2.34. The van der Waals surface area contributed by atoms with Crippen LogP contribution in [-0.2, 0) is 0 Å². The van der Waals surface area contributed by atoms with E-state index in [1.54, 1.807) is 23.9 Å². The lowest BCUT2D eigenvalue weighted by Crippen LogP contribution is -2.49. The van der Waals surface area contributed by atoms with Crippen LogP contribution in [0.15, 0.2) is 12.1 Å². The molecule has 0 radical (unpaired) electrons. The smallest absolute Gasteiger partial charge is 0.293 e. The Morgan fingerprint density at radius 2 is 1.96 bits per heavy atom. The molecule has 1 heterocycles. The maximum atomic E-state index is 12.8. The Morgan fingerprint density at radius 1 is 1.32 bits per heavy atom. The molecule has 25 heavy (non-hydrogen) atoms. The van der Waals surface area contributed by atoms with Crippen molar-refractivity contribution in [1.29, 1.82) is 0 Å². The molecule has 0 aliphatic carbocycles. The summed E-state index contributed by atoms with van der Waals surface area (Å²) >= 11 is 0. The van der Waals surface area contributed by atoms with E-state index in [4.69, 9.17) is 9.84 Å². The first kappa shape index (κ1) is 18.9. The van der Waals surface area contributed by atoms with E-state index in [2.05, 4.69) is 4.90 Å². The zero-order valence-corrected chi connectivity index (χ0v) is 14.8. The Kier molecular flexibility index (Phi) is 6.16. The van der Waals surface area contributed by atoms with Crippen LogP contribution >= 0.6 is 0 Å². The first-order chi connectivity index (χ1) is 11.9. The number of ether oxygens (including phenoxy) is 1. The number of carbonyl (C=O) groups excluding carboxylic acids is 1. The summed E-state index contributed by atoms with van der Waals surface area (Å²) in [5.74, 6) is 0.0333. The molecule has 0 unspecified atom stereocenters. The zero-order chi connectivity index (χ0) is 18.6. The van der Waals surface area contributed by atoms with E-state index in [0.717, 1.165) is 0 Å². The van der Waals surface area contributed by atoms with Gasteiger partial charge in [0.25, 0.3) is 11.6 Å². The molecular formula is C16H24N4O5. The number of hydrogen-bond acceptors (Lipinski definition) is 7. The van der Waals surface area contributed by atoms with E-state index in [9.17, 15) is 14.9 Å². The molecule has 0 saturated carbocycles. The molecule has 1 amide bonds. The number of rotatable bonds is 6. The molecule has 0 spiro atoms.